The van der Waals surface area contributed by atoms with Crippen LogP contribution in [0.15, 0.2) is 23.2 Å². The summed E-state index contributed by atoms with van der Waals surface area (Å²) in [6.45, 7) is 0.642. The number of aliphatic imine (C=N–C) groups is 1. The predicted octanol–water partition coefficient (Wildman–Crippen LogP) is 1.22. The minimum absolute atomic E-state index is 0. The number of nitrogens with zero attached hydrogens (tertiary/aromatic N) is 1. The van der Waals surface area contributed by atoms with E-state index in [0.717, 1.165) is 23.5 Å². The van der Waals surface area contributed by atoms with Crippen LogP contribution in [0.3, 0.4) is 0 Å². The van der Waals surface area contributed by atoms with Crippen LogP contribution in [-0.2, 0) is 16.3 Å². The molecule has 1 aliphatic rings. The summed E-state index contributed by atoms with van der Waals surface area (Å²) in [5.41, 5.74) is 1.03. The first-order chi connectivity index (χ1) is 11.5. The van der Waals surface area contributed by atoms with E-state index in [1.165, 1.54) is 0 Å². The normalized spacial score (nSPS) is 19.0. The van der Waals surface area contributed by atoms with Crippen LogP contribution in [0.25, 0.3) is 0 Å². The third kappa shape index (κ3) is 6.53. The number of rotatable bonds is 6. The Hall–Kier alpha value is -1.23. The van der Waals surface area contributed by atoms with Crippen molar-refractivity contribution in [3.8, 4) is 11.5 Å². The number of hydrogen-bond acceptors (Lipinski definition) is 5. The molecule has 0 radical (unpaired) electrons. The summed E-state index contributed by atoms with van der Waals surface area (Å²) in [5.74, 6) is 2.60. The highest BCUT2D eigenvalue weighted by Gasteiger charge is 2.28. The van der Waals surface area contributed by atoms with Crippen LogP contribution in [0.4, 0.5) is 0 Å². The first-order valence-electron chi connectivity index (χ1n) is 7.86. The van der Waals surface area contributed by atoms with Gasteiger partial charge in [-0.25, -0.2) is 8.42 Å². The molecule has 2 rings (SSSR count). The average Bonchev–Trinajstić information content (AvgIpc) is 2.92. The largest absolute Gasteiger partial charge is 0.497 e. The zero-order valence-corrected chi connectivity index (χ0v) is 17.9. The summed E-state index contributed by atoms with van der Waals surface area (Å²) in [6, 6.07) is 5.61. The minimum atomic E-state index is -2.91. The van der Waals surface area contributed by atoms with Crippen LogP contribution in [0, 0.1) is 0 Å². The topological polar surface area (TPSA) is 89.0 Å². The maximum atomic E-state index is 11.5. The van der Waals surface area contributed by atoms with Gasteiger partial charge in [-0.2, -0.15) is 0 Å². The third-order valence-electron chi connectivity index (χ3n) is 3.97. The van der Waals surface area contributed by atoms with Gasteiger partial charge in [0.1, 0.15) is 11.5 Å². The number of ether oxygens (including phenoxy) is 2. The number of methoxy groups -OCH3 is 2. The highest BCUT2D eigenvalue weighted by molar-refractivity contribution is 14.0. The number of sulfone groups is 1. The Bertz CT molecular complexity index is 695. The molecule has 9 heteroatoms. The molecule has 1 unspecified atom stereocenters. The van der Waals surface area contributed by atoms with E-state index in [0.29, 0.717) is 18.9 Å². The zero-order chi connectivity index (χ0) is 17.6. The molecule has 1 aromatic rings. The molecule has 7 nitrogen and oxygen atoms in total. The van der Waals surface area contributed by atoms with Crippen LogP contribution < -0.4 is 20.1 Å². The van der Waals surface area contributed by atoms with Crippen molar-refractivity contribution < 1.29 is 17.9 Å². The summed E-state index contributed by atoms with van der Waals surface area (Å²) in [6.07, 6.45) is 1.34. The molecule has 1 aromatic carbocycles. The highest BCUT2D eigenvalue weighted by Crippen LogP contribution is 2.24. The first-order valence-corrected chi connectivity index (χ1v) is 9.68. The van der Waals surface area contributed by atoms with Gasteiger partial charge in [0.25, 0.3) is 0 Å². The molecule has 0 bridgehead atoms. The Balaban J connectivity index is 0.00000312. The van der Waals surface area contributed by atoms with E-state index in [1.54, 1.807) is 21.3 Å². The van der Waals surface area contributed by atoms with Gasteiger partial charge in [-0.05, 0) is 36.6 Å². The van der Waals surface area contributed by atoms with E-state index in [9.17, 15) is 8.42 Å². The molecule has 0 aromatic heterocycles. The van der Waals surface area contributed by atoms with Crippen LogP contribution in [-0.4, -0.2) is 59.7 Å². The second kappa shape index (κ2) is 10.0. The SMILES string of the molecule is CN=C(NCCc1cc(OC)ccc1OC)NC1CCS(=O)(=O)C1.I. The van der Waals surface area contributed by atoms with Gasteiger partial charge < -0.3 is 20.1 Å². The molecule has 0 aliphatic carbocycles. The van der Waals surface area contributed by atoms with Crippen LogP contribution >= 0.6 is 24.0 Å². The van der Waals surface area contributed by atoms with E-state index >= 15 is 0 Å². The van der Waals surface area contributed by atoms with E-state index < -0.39 is 9.84 Å². The zero-order valence-electron chi connectivity index (χ0n) is 14.7. The van der Waals surface area contributed by atoms with E-state index in [1.807, 2.05) is 18.2 Å². The van der Waals surface area contributed by atoms with Gasteiger partial charge in [-0.3, -0.25) is 4.99 Å². The predicted molar refractivity (Wildman–Crippen MR) is 110 cm³/mol. The van der Waals surface area contributed by atoms with E-state index in [-0.39, 0.29) is 41.5 Å². The van der Waals surface area contributed by atoms with Crippen LogP contribution in [0.2, 0.25) is 0 Å². The molecular formula is C16H26IN3O4S. The molecule has 2 N–H and O–H groups in total. The Labute approximate surface area is 166 Å². The standard InChI is InChI=1S/C16H25N3O4S.HI/c1-17-16(19-13-7-9-24(20,21)11-13)18-8-6-12-10-14(22-2)4-5-15(12)23-3;/h4-5,10,13H,6-9,11H2,1-3H3,(H2,17,18,19);1H. The number of guanidine groups is 1. The molecule has 1 saturated heterocycles. The fraction of sp³-hybridized carbons (Fsp3) is 0.562. The number of benzene rings is 1. The maximum absolute atomic E-state index is 11.5. The maximum Gasteiger partial charge on any atom is 0.191 e. The van der Waals surface area contributed by atoms with Crippen molar-refractivity contribution >= 4 is 39.8 Å². The van der Waals surface area contributed by atoms with Gasteiger partial charge in [-0.15, -0.1) is 24.0 Å². The summed E-state index contributed by atoms with van der Waals surface area (Å²) < 4.78 is 33.6. The summed E-state index contributed by atoms with van der Waals surface area (Å²) in [7, 11) is 2.04. The van der Waals surface area contributed by atoms with Crippen molar-refractivity contribution in [3.05, 3.63) is 23.8 Å². The molecule has 1 fully saturated rings. The van der Waals surface area contributed by atoms with Gasteiger partial charge in [0.15, 0.2) is 15.8 Å². The van der Waals surface area contributed by atoms with Crippen molar-refractivity contribution in [2.75, 3.05) is 39.3 Å². The quantitative estimate of drug-likeness (QED) is 0.360. The van der Waals surface area contributed by atoms with Crippen molar-refractivity contribution in [3.63, 3.8) is 0 Å². The average molecular weight is 483 g/mol. The lowest BCUT2D eigenvalue weighted by atomic mass is 10.1. The van der Waals surface area contributed by atoms with Crippen molar-refractivity contribution in [1.82, 2.24) is 10.6 Å². The molecule has 0 amide bonds. The Kier molecular flexibility index (Phi) is 8.77. The monoisotopic (exact) mass is 483 g/mol. The number of nitrogens with one attached hydrogen (secondary N) is 2. The second-order valence-corrected chi connectivity index (χ2v) is 7.90. The van der Waals surface area contributed by atoms with Crippen LogP contribution in [0.5, 0.6) is 11.5 Å². The third-order valence-corrected chi connectivity index (χ3v) is 5.74. The Morgan fingerprint density at radius 2 is 2.08 bits per heavy atom. The Morgan fingerprint density at radius 1 is 1.32 bits per heavy atom. The molecule has 0 spiro atoms. The Morgan fingerprint density at radius 3 is 2.64 bits per heavy atom. The van der Waals surface area contributed by atoms with Crippen LogP contribution in [0.1, 0.15) is 12.0 Å². The smallest absolute Gasteiger partial charge is 0.191 e. The molecule has 1 atom stereocenters. The molecule has 142 valence electrons. The van der Waals surface area contributed by atoms with Gasteiger partial charge in [0, 0.05) is 19.6 Å². The summed E-state index contributed by atoms with van der Waals surface area (Å²) >= 11 is 0. The summed E-state index contributed by atoms with van der Waals surface area (Å²) in [4.78, 5) is 4.15. The van der Waals surface area contributed by atoms with Crippen molar-refractivity contribution in [1.29, 1.82) is 0 Å². The molecule has 25 heavy (non-hydrogen) atoms. The van der Waals surface area contributed by atoms with Gasteiger partial charge in [-0.1, -0.05) is 0 Å². The highest BCUT2D eigenvalue weighted by atomic mass is 127. The lowest BCUT2D eigenvalue weighted by Crippen LogP contribution is -2.44. The molecular weight excluding hydrogens is 457 g/mol. The second-order valence-electron chi connectivity index (χ2n) is 5.67. The molecule has 1 heterocycles. The molecule has 1 aliphatic heterocycles. The first kappa shape index (κ1) is 21.8. The minimum Gasteiger partial charge on any atom is -0.497 e. The van der Waals surface area contributed by atoms with E-state index in [2.05, 4.69) is 15.6 Å². The lowest BCUT2D eigenvalue weighted by Gasteiger charge is -2.16. The number of halogens is 1. The fourth-order valence-electron chi connectivity index (χ4n) is 2.69. The van der Waals surface area contributed by atoms with Gasteiger partial charge in [0.2, 0.25) is 0 Å². The van der Waals surface area contributed by atoms with Gasteiger partial charge >= 0.3 is 0 Å². The van der Waals surface area contributed by atoms with Gasteiger partial charge in [0.05, 0.1) is 25.7 Å². The number of hydrogen-bond donors (Lipinski definition) is 2. The molecule has 0 saturated carbocycles. The lowest BCUT2D eigenvalue weighted by molar-refractivity contribution is 0.398. The van der Waals surface area contributed by atoms with E-state index in [4.69, 9.17) is 9.47 Å². The van der Waals surface area contributed by atoms with Crippen molar-refractivity contribution in [2.45, 2.75) is 18.9 Å². The fourth-order valence-corrected chi connectivity index (χ4v) is 4.36. The summed E-state index contributed by atoms with van der Waals surface area (Å²) in [5, 5.41) is 6.37. The van der Waals surface area contributed by atoms with Crippen molar-refractivity contribution in [2.24, 2.45) is 4.99 Å².